The molecular formula is C20H22BrN3O2. The van der Waals surface area contributed by atoms with Crippen LogP contribution in [0.1, 0.15) is 47.7 Å². The Morgan fingerprint density at radius 3 is 2.46 bits per heavy atom. The zero-order valence-electron chi connectivity index (χ0n) is 14.8. The molecule has 0 radical (unpaired) electrons. The summed E-state index contributed by atoms with van der Waals surface area (Å²) in [6.45, 7) is 4.52. The number of benzene rings is 2. The van der Waals surface area contributed by atoms with Crippen LogP contribution >= 0.6 is 15.9 Å². The van der Waals surface area contributed by atoms with Crippen LogP contribution in [0.15, 0.2) is 58.1 Å². The van der Waals surface area contributed by atoms with Crippen LogP contribution < -0.4 is 10.7 Å². The highest BCUT2D eigenvalue weighted by atomic mass is 79.9. The summed E-state index contributed by atoms with van der Waals surface area (Å²) < 4.78 is 0.718. The molecule has 0 bridgehead atoms. The van der Waals surface area contributed by atoms with Crippen LogP contribution in [0.5, 0.6) is 0 Å². The van der Waals surface area contributed by atoms with Gasteiger partial charge in [-0.2, -0.15) is 5.10 Å². The van der Waals surface area contributed by atoms with Gasteiger partial charge >= 0.3 is 0 Å². The molecule has 26 heavy (non-hydrogen) atoms. The zero-order valence-corrected chi connectivity index (χ0v) is 16.4. The number of nitrogens with zero attached hydrogens (tertiary/aromatic N) is 1. The zero-order chi connectivity index (χ0) is 18.9. The van der Waals surface area contributed by atoms with Crippen molar-refractivity contribution in [3.63, 3.8) is 0 Å². The number of hydrazone groups is 1. The fourth-order valence-electron chi connectivity index (χ4n) is 2.23. The van der Waals surface area contributed by atoms with Crippen LogP contribution in [-0.2, 0) is 4.79 Å². The first-order chi connectivity index (χ1) is 12.5. The molecule has 0 unspecified atom stereocenters. The first kappa shape index (κ1) is 19.8. The number of amides is 2. The molecule has 0 spiro atoms. The van der Waals surface area contributed by atoms with Crippen LogP contribution in [0.4, 0.5) is 0 Å². The Labute approximate surface area is 162 Å². The van der Waals surface area contributed by atoms with Gasteiger partial charge in [0.15, 0.2) is 0 Å². The predicted octanol–water partition coefficient (Wildman–Crippen LogP) is 3.84. The lowest BCUT2D eigenvalue weighted by Gasteiger charge is -2.06. The summed E-state index contributed by atoms with van der Waals surface area (Å²) >= 11 is 3.33. The Morgan fingerprint density at radius 2 is 1.81 bits per heavy atom. The third-order valence-electron chi connectivity index (χ3n) is 3.76. The average Bonchev–Trinajstić information content (AvgIpc) is 2.62. The number of carbonyl (C=O) groups is 2. The predicted molar refractivity (Wildman–Crippen MR) is 107 cm³/mol. The molecule has 5 nitrogen and oxygen atoms in total. The molecule has 0 aromatic heterocycles. The Balaban J connectivity index is 1.73. The number of rotatable bonds is 7. The third kappa shape index (κ3) is 6.11. The van der Waals surface area contributed by atoms with E-state index >= 15 is 0 Å². The maximum Gasteiger partial charge on any atom is 0.252 e. The van der Waals surface area contributed by atoms with E-state index in [4.69, 9.17) is 0 Å². The average molecular weight is 416 g/mol. The number of nitrogens with one attached hydrogen (secondary N) is 2. The van der Waals surface area contributed by atoms with E-state index in [2.05, 4.69) is 45.6 Å². The Morgan fingerprint density at radius 1 is 1.12 bits per heavy atom. The van der Waals surface area contributed by atoms with E-state index in [0.717, 1.165) is 10.0 Å². The highest BCUT2D eigenvalue weighted by Gasteiger charge is 2.09. The molecule has 0 saturated carbocycles. The quantitative estimate of drug-likeness (QED) is 0.532. The fourth-order valence-corrected chi connectivity index (χ4v) is 2.70. The van der Waals surface area contributed by atoms with Gasteiger partial charge in [-0.05, 0) is 45.1 Å². The van der Waals surface area contributed by atoms with Crippen LogP contribution in [0, 0.1) is 0 Å². The lowest BCUT2D eigenvalue weighted by atomic mass is 10.0. The van der Waals surface area contributed by atoms with Crippen molar-refractivity contribution in [3.05, 3.63) is 69.7 Å². The maximum atomic E-state index is 12.0. The second-order valence-corrected chi connectivity index (χ2v) is 6.95. The lowest BCUT2D eigenvalue weighted by Crippen LogP contribution is -2.29. The van der Waals surface area contributed by atoms with Gasteiger partial charge < -0.3 is 5.32 Å². The van der Waals surface area contributed by atoms with Gasteiger partial charge in [-0.3, -0.25) is 9.59 Å². The van der Waals surface area contributed by atoms with Crippen molar-refractivity contribution in [2.24, 2.45) is 5.10 Å². The number of hydrogen-bond donors (Lipinski definition) is 2. The van der Waals surface area contributed by atoms with Crippen LogP contribution in [0.25, 0.3) is 0 Å². The van der Waals surface area contributed by atoms with E-state index in [1.165, 1.54) is 5.56 Å². The molecule has 0 aliphatic heterocycles. The van der Waals surface area contributed by atoms with Crippen LogP contribution in [0.2, 0.25) is 0 Å². The Bertz CT molecular complexity index is 786. The van der Waals surface area contributed by atoms with E-state index in [1.54, 1.807) is 24.4 Å². The summed E-state index contributed by atoms with van der Waals surface area (Å²) in [5.41, 5.74) is 5.17. The van der Waals surface area contributed by atoms with Gasteiger partial charge in [0.1, 0.15) is 0 Å². The van der Waals surface area contributed by atoms with Gasteiger partial charge in [0.05, 0.1) is 11.8 Å². The highest BCUT2D eigenvalue weighted by molar-refractivity contribution is 9.10. The highest BCUT2D eigenvalue weighted by Crippen LogP contribution is 2.15. The second kappa shape index (κ2) is 9.87. The van der Waals surface area contributed by atoms with Gasteiger partial charge in [0.2, 0.25) is 5.91 Å². The molecule has 6 heteroatoms. The van der Waals surface area contributed by atoms with Gasteiger partial charge in [-0.25, -0.2) is 5.43 Å². The Hall–Kier alpha value is -2.47. The molecule has 2 aromatic carbocycles. The van der Waals surface area contributed by atoms with Gasteiger partial charge in [0.25, 0.3) is 5.91 Å². The molecule has 2 amide bonds. The van der Waals surface area contributed by atoms with Crippen LogP contribution in [0.3, 0.4) is 0 Å². The van der Waals surface area contributed by atoms with E-state index in [0.29, 0.717) is 11.5 Å². The SMILES string of the molecule is CC(C)c1ccc(/C=N\NC(=O)CCNC(=O)c2ccccc2Br)cc1. The minimum absolute atomic E-state index is 0.153. The standard InChI is InChI=1S/C20H22BrN3O2/c1-14(2)16-9-7-15(8-10-16)13-23-24-19(25)11-12-22-20(26)17-5-3-4-6-18(17)21/h3-10,13-14H,11-12H2,1-2H3,(H,22,26)(H,24,25)/b23-13-. The molecular weight excluding hydrogens is 394 g/mol. The monoisotopic (exact) mass is 415 g/mol. The van der Waals surface area contributed by atoms with Gasteiger partial charge in [0, 0.05) is 17.4 Å². The molecule has 0 saturated heterocycles. The van der Waals surface area contributed by atoms with E-state index in [1.807, 2.05) is 30.3 Å². The topological polar surface area (TPSA) is 70.6 Å². The van der Waals surface area contributed by atoms with Crippen molar-refractivity contribution >= 4 is 34.0 Å². The molecule has 2 rings (SSSR count). The molecule has 2 N–H and O–H groups in total. The smallest absolute Gasteiger partial charge is 0.252 e. The van der Waals surface area contributed by atoms with E-state index in [-0.39, 0.29) is 24.8 Å². The van der Waals surface area contributed by atoms with Crippen molar-refractivity contribution < 1.29 is 9.59 Å². The molecule has 0 fully saturated rings. The maximum absolute atomic E-state index is 12.0. The summed E-state index contributed by atoms with van der Waals surface area (Å²) in [5, 5.41) is 6.66. The summed E-state index contributed by atoms with van der Waals surface area (Å²) in [6, 6.07) is 15.2. The normalized spacial score (nSPS) is 10.9. The summed E-state index contributed by atoms with van der Waals surface area (Å²) in [6.07, 6.45) is 1.75. The number of halogens is 1. The van der Waals surface area contributed by atoms with Gasteiger partial charge in [-0.1, -0.05) is 50.2 Å². The van der Waals surface area contributed by atoms with Crippen molar-refractivity contribution in [1.29, 1.82) is 0 Å². The third-order valence-corrected chi connectivity index (χ3v) is 4.45. The van der Waals surface area contributed by atoms with Crippen molar-refractivity contribution in [2.75, 3.05) is 6.54 Å². The van der Waals surface area contributed by atoms with E-state index < -0.39 is 0 Å². The largest absolute Gasteiger partial charge is 0.351 e. The Kier molecular flexibility index (Phi) is 7.53. The van der Waals surface area contributed by atoms with Crippen molar-refractivity contribution in [3.8, 4) is 0 Å². The first-order valence-electron chi connectivity index (χ1n) is 8.42. The molecule has 0 heterocycles. The molecule has 0 aliphatic carbocycles. The minimum atomic E-state index is -0.257. The number of carbonyl (C=O) groups excluding carboxylic acids is 2. The summed E-state index contributed by atoms with van der Waals surface area (Å²) in [4.78, 5) is 23.8. The lowest BCUT2D eigenvalue weighted by molar-refractivity contribution is -0.120. The summed E-state index contributed by atoms with van der Waals surface area (Å²) in [5.74, 6) is -0.00101. The minimum Gasteiger partial charge on any atom is -0.351 e. The second-order valence-electron chi connectivity index (χ2n) is 6.10. The first-order valence-corrected chi connectivity index (χ1v) is 9.21. The van der Waals surface area contributed by atoms with Crippen molar-refractivity contribution in [1.82, 2.24) is 10.7 Å². The van der Waals surface area contributed by atoms with Gasteiger partial charge in [-0.15, -0.1) is 0 Å². The fraction of sp³-hybridized carbons (Fsp3) is 0.250. The molecule has 0 aliphatic rings. The molecule has 0 atom stereocenters. The number of hydrogen-bond acceptors (Lipinski definition) is 3. The molecule has 136 valence electrons. The van der Waals surface area contributed by atoms with Crippen LogP contribution in [-0.4, -0.2) is 24.6 Å². The summed E-state index contributed by atoms with van der Waals surface area (Å²) in [7, 11) is 0. The molecule has 2 aromatic rings. The van der Waals surface area contributed by atoms with E-state index in [9.17, 15) is 9.59 Å². The van der Waals surface area contributed by atoms with Crippen molar-refractivity contribution in [2.45, 2.75) is 26.2 Å².